The van der Waals surface area contributed by atoms with E-state index in [0.717, 1.165) is 0 Å². The molecule has 1 heterocycles. The maximum atomic E-state index is 11.4. The van der Waals surface area contributed by atoms with Crippen molar-refractivity contribution in [3.8, 4) is 0 Å². The Morgan fingerprint density at radius 2 is 2.29 bits per heavy atom. The first-order valence-corrected chi connectivity index (χ1v) is 6.31. The number of benzene rings is 1. The van der Waals surface area contributed by atoms with Gasteiger partial charge in [-0.25, -0.2) is 4.98 Å². The first-order chi connectivity index (χ1) is 8.06. The summed E-state index contributed by atoms with van der Waals surface area (Å²) in [5.74, 6) is 0.336. The predicted octanol–water partition coefficient (Wildman–Crippen LogP) is 2.66. The second-order valence-electron chi connectivity index (χ2n) is 3.67. The van der Waals surface area contributed by atoms with Crippen LogP contribution in [0.3, 0.4) is 0 Å². The number of aromatic nitrogens is 1. The van der Waals surface area contributed by atoms with E-state index >= 15 is 0 Å². The standard InChI is InChI=1S/C11H11ClN2O2S/c1-14(2)10(15)6-17-11-13-8-5-7(12)3-4-9(8)16-11/h3-5H,6H2,1-2H3. The number of nitrogens with zero attached hydrogens (tertiary/aromatic N) is 2. The van der Waals surface area contributed by atoms with Crippen molar-refractivity contribution < 1.29 is 9.21 Å². The number of fused-ring (bicyclic) bond motifs is 1. The molecule has 0 N–H and O–H groups in total. The van der Waals surface area contributed by atoms with E-state index in [4.69, 9.17) is 16.0 Å². The Kier molecular flexibility index (Phi) is 3.59. The van der Waals surface area contributed by atoms with Gasteiger partial charge in [-0.05, 0) is 18.2 Å². The zero-order chi connectivity index (χ0) is 12.4. The van der Waals surface area contributed by atoms with Gasteiger partial charge < -0.3 is 9.32 Å². The first kappa shape index (κ1) is 12.3. The average Bonchev–Trinajstić information content (AvgIpc) is 2.67. The van der Waals surface area contributed by atoms with Crippen LogP contribution < -0.4 is 0 Å². The summed E-state index contributed by atoms with van der Waals surface area (Å²) in [6.45, 7) is 0. The molecule has 2 aromatic rings. The summed E-state index contributed by atoms with van der Waals surface area (Å²) in [5, 5.41) is 1.10. The highest BCUT2D eigenvalue weighted by Crippen LogP contribution is 2.25. The Labute approximate surface area is 108 Å². The molecule has 0 radical (unpaired) electrons. The molecule has 1 aromatic carbocycles. The zero-order valence-electron chi connectivity index (χ0n) is 9.44. The summed E-state index contributed by atoms with van der Waals surface area (Å²) in [6.07, 6.45) is 0. The van der Waals surface area contributed by atoms with Gasteiger partial charge in [0.25, 0.3) is 5.22 Å². The lowest BCUT2D eigenvalue weighted by atomic mass is 10.3. The minimum atomic E-state index is 0.0234. The Morgan fingerprint density at radius 1 is 1.53 bits per heavy atom. The fraction of sp³-hybridized carbons (Fsp3) is 0.273. The molecule has 0 atom stereocenters. The fourth-order valence-electron chi connectivity index (χ4n) is 1.19. The van der Waals surface area contributed by atoms with Crippen LogP contribution in [0.1, 0.15) is 0 Å². The van der Waals surface area contributed by atoms with Gasteiger partial charge in [-0.2, -0.15) is 0 Å². The van der Waals surface area contributed by atoms with Crippen molar-refractivity contribution in [3.63, 3.8) is 0 Å². The van der Waals surface area contributed by atoms with Gasteiger partial charge >= 0.3 is 0 Å². The predicted molar refractivity (Wildman–Crippen MR) is 68.4 cm³/mol. The van der Waals surface area contributed by atoms with Gasteiger partial charge in [0.2, 0.25) is 5.91 Å². The zero-order valence-corrected chi connectivity index (χ0v) is 11.0. The van der Waals surface area contributed by atoms with E-state index in [0.29, 0.717) is 27.1 Å². The Hall–Kier alpha value is -1.20. The Morgan fingerprint density at radius 3 is 3.00 bits per heavy atom. The van der Waals surface area contributed by atoms with Crippen LogP contribution in [0.15, 0.2) is 27.8 Å². The normalized spacial score (nSPS) is 10.8. The molecule has 0 aliphatic heterocycles. The van der Waals surface area contributed by atoms with Gasteiger partial charge in [0.05, 0.1) is 5.75 Å². The molecular weight excluding hydrogens is 260 g/mol. The monoisotopic (exact) mass is 270 g/mol. The topological polar surface area (TPSA) is 46.3 Å². The highest BCUT2D eigenvalue weighted by atomic mass is 35.5. The molecule has 0 bridgehead atoms. The molecule has 0 fully saturated rings. The molecule has 0 saturated heterocycles. The lowest BCUT2D eigenvalue weighted by molar-refractivity contribution is -0.125. The number of rotatable bonds is 3. The van der Waals surface area contributed by atoms with Crippen molar-refractivity contribution in [3.05, 3.63) is 23.2 Å². The molecule has 2 rings (SSSR count). The Bertz CT molecular complexity index is 553. The molecule has 6 heteroatoms. The summed E-state index contributed by atoms with van der Waals surface area (Å²) < 4.78 is 5.48. The number of halogens is 1. The highest BCUT2D eigenvalue weighted by molar-refractivity contribution is 7.99. The minimum absolute atomic E-state index is 0.0234. The molecule has 0 aliphatic rings. The number of hydrogen-bond donors (Lipinski definition) is 0. The van der Waals surface area contributed by atoms with E-state index in [2.05, 4.69) is 4.98 Å². The van der Waals surface area contributed by atoms with Crippen LogP contribution in [0.2, 0.25) is 5.02 Å². The number of hydrogen-bond acceptors (Lipinski definition) is 4. The Balaban J connectivity index is 2.12. The van der Waals surface area contributed by atoms with Crippen molar-refractivity contribution in [1.82, 2.24) is 9.88 Å². The largest absolute Gasteiger partial charge is 0.431 e. The highest BCUT2D eigenvalue weighted by Gasteiger charge is 2.10. The number of carbonyl (C=O) groups is 1. The summed E-state index contributed by atoms with van der Waals surface area (Å²) in [7, 11) is 3.43. The lowest BCUT2D eigenvalue weighted by Crippen LogP contribution is -2.23. The van der Waals surface area contributed by atoms with Crippen LogP contribution in [0, 0.1) is 0 Å². The quantitative estimate of drug-likeness (QED) is 0.805. The van der Waals surface area contributed by atoms with Crippen molar-refractivity contribution in [2.45, 2.75) is 5.22 Å². The molecule has 90 valence electrons. The molecule has 0 aliphatic carbocycles. The number of amides is 1. The van der Waals surface area contributed by atoms with E-state index in [1.165, 1.54) is 16.7 Å². The molecule has 4 nitrogen and oxygen atoms in total. The number of oxazole rings is 1. The molecule has 0 unspecified atom stereocenters. The van der Waals surface area contributed by atoms with Crippen LogP contribution >= 0.6 is 23.4 Å². The second kappa shape index (κ2) is 4.98. The van der Waals surface area contributed by atoms with Gasteiger partial charge in [-0.1, -0.05) is 23.4 Å². The minimum Gasteiger partial charge on any atom is -0.431 e. The average molecular weight is 271 g/mol. The van der Waals surface area contributed by atoms with Gasteiger partial charge in [-0.15, -0.1) is 0 Å². The summed E-state index contributed by atoms with van der Waals surface area (Å²) in [6, 6.07) is 5.25. The van der Waals surface area contributed by atoms with Crippen LogP contribution in [0.25, 0.3) is 11.1 Å². The van der Waals surface area contributed by atoms with E-state index in [1.807, 2.05) is 0 Å². The molecule has 1 amide bonds. The van der Waals surface area contributed by atoms with Gasteiger partial charge in [-0.3, -0.25) is 4.79 Å². The van der Waals surface area contributed by atoms with Crippen LogP contribution in [0.5, 0.6) is 0 Å². The van der Waals surface area contributed by atoms with Gasteiger partial charge in [0.15, 0.2) is 5.58 Å². The van der Waals surface area contributed by atoms with E-state index in [9.17, 15) is 4.79 Å². The smallest absolute Gasteiger partial charge is 0.257 e. The van der Waals surface area contributed by atoms with Gasteiger partial charge in [0, 0.05) is 19.1 Å². The first-order valence-electron chi connectivity index (χ1n) is 4.95. The van der Waals surface area contributed by atoms with Gasteiger partial charge in [0.1, 0.15) is 5.52 Å². The SMILES string of the molecule is CN(C)C(=O)CSc1nc2cc(Cl)ccc2o1. The number of thioether (sulfide) groups is 1. The van der Waals surface area contributed by atoms with Crippen molar-refractivity contribution in [2.24, 2.45) is 0 Å². The maximum absolute atomic E-state index is 11.4. The third kappa shape index (κ3) is 2.92. The van der Waals surface area contributed by atoms with Crippen LogP contribution in [-0.2, 0) is 4.79 Å². The van der Waals surface area contributed by atoms with Crippen molar-refractivity contribution >= 4 is 40.4 Å². The molecular formula is C11H11ClN2O2S. The van der Waals surface area contributed by atoms with E-state index < -0.39 is 0 Å². The molecule has 17 heavy (non-hydrogen) atoms. The third-order valence-electron chi connectivity index (χ3n) is 2.15. The van der Waals surface area contributed by atoms with Crippen molar-refractivity contribution in [1.29, 1.82) is 0 Å². The molecule has 0 saturated carbocycles. The molecule has 1 aromatic heterocycles. The van der Waals surface area contributed by atoms with Crippen LogP contribution in [-0.4, -0.2) is 35.6 Å². The fourth-order valence-corrected chi connectivity index (χ4v) is 2.18. The number of carbonyl (C=O) groups excluding carboxylic acids is 1. The summed E-state index contributed by atoms with van der Waals surface area (Å²) >= 11 is 7.12. The van der Waals surface area contributed by atoms with E-state index in [1.54, 1.807) is 32.3 Å². The third-order valence-corrected chi connectivity index (χ3v) is 3.20. The maximum Gasteiger partial charge on any atom is 0.257 e. The van der Waals surface area contributed by atoms with E-state index in [-0.39, 0.29) is 5.91 Å². The van der Waals surface area contributed by atoms with Crippen LogP contribution in [0.4, 0.5) is 0 Å². The molecule has 0 spiro atoms. The summed E-state index contributed by atoms with van der Waals surface area (Å²) in [5.41, 5.74) is 1.38. The lowest BCUT2D eigenvalue weighted by Gasteiger charge is -2.07. The van der Waals surface area contributed by atoms with Crippen molar-refractivity contribution in [2.75, 3.05) is 19.8 Å². The second-order valence-corrected chi connectivity index (χ2v) is 5.03. The summed E-state index contributed by atoms with van der Waals surface area (Å²) in [4.78, 5) is 17.2.